The number of hydrogen-bond acceptors (Lipinski definition) is 3. The van der Waals surface area contributed by atoms with Crippen molar-refractivity contribution in [1.29, 1.82) is 0 Å². The zero-order chi connectivity index (χ0) is 14.1. The molecule has 1 unspecified atom stereocenters. The number of alkyl halides is 2. The molecule has 0 saturated carbocycles. The van der Waals surface area contributed by atoms with Crippen LogP contribution in [-0.4, -0.2) is 24.7 Å². The first-order valence-corrected chi connectivity index (χ1v) is 7.08. The first kappa shape index (κ1) is 15.8. The fourth-order valence-electron chi connectivity index (χ4n) is 1.56. The van der Waals surface area contributed by atoms with Crippen molar-refractivity contribution in [2.24, 2.45) is 0 Å². The molecule has 1 N–H and O–H groups in total. The highest BCUT2D eigenvalue weighted by Gasteiger charge is 2.08. The number of terminal acetylenes is 1. The molecule has 1 rings (SSSR count). The molecule has 0 aliphatic rings. The lowest BCUT2D eigenvalue weighted by molar-refractivity contribution is -0.0499. The van der Waals surface area contributed by atoms with Gasteiger partial charge in [-0.05, 0) is 24.6 Å². The molecule has 0 fully saturated rings. The first-order valence-electron chi connectivity index (χ1n) is 5.93. The molecule has 0 spiro atoms. The Bertz CT molecular complexity index is 420. The molecule has 104 valence electrons. The second-order valence-electron chi connectivity index (χ2n) is 3.88. The number of benzene rings is 1. The van der Waals surface area contributed by atoms with Crippen molar-refractivity contribution < 1.29 is 13.5 Å². The summed E-state index contributed by atoms with van der Waals surface area (Å²) in [5, 5.41) is 3.31. The highest BCUT2D eigenvalue weighted by molar-refractivity contribution is 7.99. The van der Waals surface area contributed by atoms with Crippen LogP contribution in [0.2, 0.25) is 0 Å². The van der Waals surface area contributed by atoms with Crippen LogP contribution >= 0.6 is 11.8 Å². The molecule has 1 aromatic rings. The number of rotatable bonds is 8. The maximum absolute atomic E-state index is 12.1. The summed E-state index contributed by atoms with van der Waals surface area (Å²) in [6.07, 6.45) is 5.15. The van der Waals surface area contributed by atoms with Crippen molar-refractivity contribution in [3.63, 3.8) is 0 Å². The third-order valence-electron chi connectivity index (χ3n) is 2.47. The van der Waals surface area contributed by atoms with Gasteiger partial charge in [0, 0.05) is 18.3 Å². The van der Waals surface area contributed by atoms with Gasteiger partial charge < -0.3 is 10.1 Å². The molecule has 1 atom stereocenters. The second-order valence-corrected chi connectivity index (χ2v) is 4.99. The lowest BCUT2D eigenvalue weighted by Gasteiger charge is -2.15. The van der Waals surface area contributed by atoms with Crippen LogP contribution in [0.5, 0.6) is 5.75 Å². The third-order valence-corrected chi connectivity index (χ3v) is 3.33. The highest BCUT2D eigenvalue weighted by Crippen LogP contribution is 2.20. The minimum absolute atomic E-state index is 0.0765. The predicted molar refractivity (Wildman–Crippen MR) is 75.6 cm³/mol. The van der Waals surface area contributed by atoms with E-state index in [4.69, 9.17) is 6.42 Å². The maximum Gasteiger partial charge on any atom is 0.387 e. The van der Waals surface area contributed by atoms with Gasteiger partial charge in [-0.15, -0.1) is 18.2 Å². The van der Waals surface area contributed by atoms with Crippen LogP contribution < -0.4 is 10.1 Å². The molecule has 1 aromatic carbocycles. The summed E-state index contributed by atoms with van der Waals surface area (Å²) in [6, 6.07) is 6.81. The van der Waals surface area contributed by atoms with Crippen LogP contribution in [0.15, 0.2) is 24.3 Å². The molecule has 2 nitrogen and oxygen atoms in total. The fraction of sp³-hybridized carbons (Fsp3) is 0.429. The smallest absolute Gasteiger partial charge is 0.387 e. The minimum atomic E-state index is -2.79. The molecule has 5 heteroatoms. The molecule has 0 radical (unpaired) electrons. The van der Waals surface area contributed by atoms with Crippen LogP contribution in [0.4, 0.5) is 8.78 Å². The highest BCUT2D eigenvalue weighted by atomic mass is 32.2. The molecular formula is C14H17F2NOS. The standard InChI is InChI=1S/C14H17F2NOS/c1-3-8-19-9-7-17-11(2)12-5-4-6-13(10-12)18-14(15)16/h1,4-6,10-11,14,17H,7-9H2,2H3. The summed E-state index contributed by atoms with van der Waals surface area (Å²) in [6.45, 7) is -0.000449. The topological polar surface area (TPSA) is 21.3 Å². The predicted octanol–water partition coefficient (Wildman–Crippen LogP) is 3.31. The number of thioether (sulfide) groups is 1. The Balaban J connectivity index is 2.43. The van der Waals surface area contributed by atoms with E-state index in [1.807, 2.05) is 13.0 Å². The van der Waals surface area contributed by atoms with E-state index >= 15 is 0 Å². The van der Waals surface area contributed by atoms with Gasteiger partial charge in [0.05, 0.1) is 5.75 Å². The number of ether oxygens (including phenoxy) is 1. The third kappa shape index (κ3) is 6.46. The van der Waals surface area contributed by atoms with Gasteiger partial charge in [0.2, 0.25) is 0 Å². The molecule has 0 amide bonds. The quantitative estimate of drug-likeness (QED) is 0.585. The van der Waals surface area contributed by atoms with E-state index in [-0.39, 0.29) is 11.8 Å². The van der Waals surface area contributed by atoms with Crippen molar-refractivity contribution in [3.8, 4) is 18.1 Å². The van der Waals surface area contributed by atoms with Crippen molar-refractivity contribution in [3.05, 3.63) is 29.8 Å². The number of hydrogen-bond donors (Lipinski definition) is 1. The summed E-state index contributed by atoms with van der Waals surface area (Å²) < 4.78 is 28.6. The average molecular weight is 285 g/mol. The van der Waals surface area contributed by atoms with Crippen LogP contribution in [-0.2, 0) is 0 Å². The molecule has 0 bridgehead atoms. The zero-order valence-corrected chi connectivity index (χ0v) is 11.6. The Morgan fingerprint density at radius 2 is 2.26 bits per heavy atom. The van der Waals surface area contributed by atoms with E-state index in [0.29, 0.717) is 5.75 Å². The van der Waals surface area contributed by atoms with Gasteiger partial charge in [-0.2, -0.15) is 8.78 Å². The van der Waals surface area contributed by atoms with Gasteiger partial charge >= 0.3 is 6.61 Å². The first-order chi connectivity index (χ1) is 9.13. The van der Waals surface area contributed by atoms with Gasteiger partial charge in [-0.3, -0.25) is 0 Å². The Hall–Kier alpha value is -1.25. The van der Waals surface area contributed by atoms with Gasteiger partial charge in [0.25, 0.3) is 0 Å². The summed E-state index contributed by atoms with van der Waals surface area (Å²) in [5.41, 5.74) is 0.917. The monoisotopic (exact) mass is 285 g/mol. The average Bonchev–Trinajstić information content (AvgIpc) is 2.38. The van der Waals surface area contributed by atoms with Gasteiger partial charge in [-0.1, -0.05) is 18.1 Å². The summed E-state index contributed by atoms with van der Waals surface area (Å²) in [4.78, 5) is 0. The largest absolute Gasteiger partial charge is 0.435 e. The van der Waals surface area contributed by atoms with Gasteiger partial charge in [-0.25, -0.2) is 0 Å². The minimum Gasteiger partial charge on any atom is -0.435 e. The molecular weight excluding hydrogens is 268 g/mol. The number of nitrogens with one attached hydrogen (secondary N) is 1. The Labute approximate surface area is 116 Å². The van der Waals surface area contributed by atoms with Crippen LogP contribution in [0.1, 0.15) is 18.5 Å². The van der Waals surface area contributed by atoms with E-state index in [1.54, 1.807) is 23.9 Å². The van der Waals surface area contributed by atoms with Crippen molar-refractivity contribution in [1.82, 2.24) is 5.32 Å². The van der Waals surface area contributed by atoms with Crippen molar-refractivity contribution in [2.45, 2.75) is 19.6 Å². The van der Waals surface area contributed by atoms with E-state index in [9.17, 15) is 8.78 Å². The molecule has 0 saturated heterocycles. The second kappa shape index (κ2) is 8.78. The lowest BCUT2D eigenvalue weighted by atomic mass is 10.1. The van der Waals surface area contributed by atoms with Crippen LogP contribution in [0.3, 0.4) is 0 Å². The lowest BCUT2D eigenvalue weighted by Crippen LogP contribution is -2.21. The van der Waals surface area contributed by atoms with E-state index in [0.717, 1.165) is 17.9 Å². The van der Waals surface area contributed by atoms with Gasteiger partial charge in [0.1, 0.15) is 5.75 Å². The molecule has 0 aromatic heterocycles. The molecule has 0 aliphatic heterocycles. The molecule has 0 aliphatic carbocycles. The number of halogens is 2. The Morgan fingerprint density at radius 3 is 2.95 bits per heavy atom. The van der Waals surface area contributed by atoms with Gasteiger partial charge in [0.15, 0.2) is 0 Å². The Kier molecular flexibility index (Phi) is 7.31. The van der Waals surface area contributed by atoms with Crippen LogP contribution in [0, 0.1) is 12.3 Å². The summed E-state index contributed by atoms with van der Waals surface area (Å²) in [7, 11) is 0. The zero-order valence-electron chi connectivity index (χ0n) is 10.7. The summed E-state index contributed by atoms with van der Waals surface area (Å²) in [5.74, 6) is 4.36. The van der Waals surface area contributed by atoms with Crippen molar-refractivity contribution in [2.75, 3.05) is 18.1 Å². The van der Waals surface area contributed by atoms with E-state index in [1.165, 1.54) is 6.07 Å². The molecule has 19 heavy (non-hydrogen) atoms. The van der Waals surface area contributed by atoms with E-state index in [2.05, 4.69) is 16.0 Å². The van der Waals surface area contributed by atoms with Crippen LogP contribution in [0.25, 0.3) is 0 Å². The normalized spacial score (nSPS) is 12.2. The summed E-state index contributed by atoms with van der Waals surface area (Å²) >= 11 is 1.68. The maximum atomic E-state index is 12.1. The fourth-order valence-corrected chi connectivity index (χ4v) is 2.08. The SMILES string of the molecule is C#CCSCCNC(C)c1cccc(OC(F)F)c1. The van der Waals surface area contributed by atoms with Crippen molar-refractivity contribution >= 4 is 11.8 Å². The molecule has 0 heterocycles. The Morgan fingerprint density at radius 1 is 1.47 bits per heavy atom. The van der Waals surface area contributed by atoms with E-state index < -0.39 is 6.61 Å².